The van der Waals surface area contributed by atoms with Gasteiger partial charge in [-0.05, 0) is 72.4 Å². The normalized spacial score (nSPS) is 13.8. The summed E-state index contributed by atoms with van der Waals surface area (Å²) >= 11 is 0. The molecule has 41 heavy (non-hydrogen) atoms. The van der Waals surface area contributed by atoms with Crippen molar-refractivity contribution in [2.75, 3.05) is 0 Å². The maximum atomic E-state index is 16.2. The van der Waals surface area contributed by atoms with Gasteiger partial charge in [-0.2, -0.15) is 5.10 Å². The standard InChI is InChI=1S/C32H25F3N4O2/c1-18-24(16-20(17-25(18)34)31(41)37-32(12-13-32)21-5-3-2-4-6-21)23-11-14-39-29(28(23)35)27(30(36)40)26(38-39)15-19-7-9-22(33)10-8-19/h2-11,14,16-17H,12-13,15H2,1H3,(H2,36,40)(H,37,41). The highest BCUT2D eigenvalue weighted by molar-refractivity contribution is 6.02. The first-order valence-electron chi connectivity index (χ1n) is 13.1. The Labute approximate surface area is 233 Å². The molecule has 0 atom stereocenters. The molecule has 1 aliphatic rings. The molecule has 1 aliphatic carbocycles. The molecule has 9 heteroatoms. The molecule has 1 saturated carbocycles. The molecule has 206 valence electrons. The van der Waals surface area contributed by atoms with Crippen molar-refractivity contribution in [1.29, 1.82) is 0 Å². The van der Waals surface area contributed by atoms with E-state index in [1.165, 1.54) is 54.0 Å². The van der Waals surface area contributed by atoms with Crippen LogP contribution in [0.2, 0.25) is 0 Å². The number of nitrogens with one attached hydrogen (secondary N) is 1. The molecule has 3 N–H and O–H groups in total. The van der Waals surface area contributed by atoms with Crippen LogP contribution in [0.5, 0.6) is 0 Å². The summed E-state index contributed by atoms with van der Waals surface area (Å²) in [5, 5.41) is 7.38. The van der Waals surface area contributed by atoms with Crippen LogP contribution in [0, 0.1) is 24.4 Å². The Morgan fingerprint density at radius 3 is 2.34 bits per heavy atom. The zero-order chi connectivity index (χ0) is 28.9. The number of nitrogens with zero attached hydrogens (tertiary/aromatic N) is 2. The van der Waals surface area contributed by atoms with E-state index in [-0.39, 0.29) is 45.4 Å². The summed E-state index contributed by atoms with van der Waals surface area (Å²) in [6, 6.07) is 19.2. The number of pyridine rings is 1. The second-order valence-corrected chi connectivity index (χ2v) is 10.4. The maximum Gasteiger partial charge on any atom is 0.252 e. The predicted octanol–water partition coefficient (Wildman–Crippen LogP) is 5.84. The minimum Gasteiger partial charge on any atom is -0.365 e. The van der Waals surface area contributed by atoms with Gasteiger partial charge in [0.1, 0.15) is 17.2 Å². The van der Waals surface area contributed by atoms with Crippen molar-refractivity contribution in [1.82, 2.24) is 14.9 Å². The Kier molecular flexibility index (Phi) is 6.37. The molecule has 0 unspecified atom stereocenters. The maximum absolute atomic E-state index is 16.2. The molecule has 1 fully saturated rings. The Bertz CT molecular complexity index is 1830. The zero-order valence-electron chi connectivity index (χ0n) is 22.0. The van der Waals surface area contributed by atoms with Gasteiger partial charge in [0.05, 0.1) is 16.8 Å². The van der Waals surface area contributed by atoms with Gasteiger partial charge >= 0.3 is 0 Å². The van der Waals surface area contributed by atoms with Gasteiger partial charge in [0.25, 0.3) is 11.8 Å². The number of halogens is 3. The molecule has 6 rings (SSSR count). The lowest BCUT2D eigenvalue weighted by Crippen LogP contribution is -2.34. The van der Waals surface area contributed by atoms with Crippen LogP contribution >= 0.6 is 0 Å². The van der Waals surface area contributed by atoms with Crippen molar-refractivity contribution in [3.63, 3.8) is 0 Å². The molecule has 0 saturated heterocycles. The van der Waals surface area contributed by atoms with Gasteiger partial charge < -0.3 is 11.1 Å². The third kappa shape index (κ3) is 4.73. The predicted molar refractivity (Wildman–Crippen MR) is 148 cm³/mol. The molecule has 2 amide bonds. The number of hydrogen-bond acceptors (Lipinski definition) is 3. The number of primary amides is 1. The summed E-state index contributed by atoms with van der Waals surface area (Å²) in [5.41, 5.74) is 7.03. The van der Waals surface area contributed by atoms with Gasteiger partial charge in [-0.15, -0.1) is 0 Å². The number of hydrogen-bond donors (Lipinski definition) is 2. The van der Waals surface area contributed by atoms with Gasteiger partial charge in [0.2, 0.25) is 0 Å². The molecular formula is C32H25F3N4O2. The molecule has 0 aliphatic heterocycles. The number of benzene rings is 3. The van der Waals surface area contributed by atoms with E-state index in [9.17, 15) is 14.0 Å². The number of rotatable bonds is 7. The van der Waals surface area contributed by atoms with Crippen LogP contribution in [0.25, 0.3) is 16.6 Å². The average molecular weight is 555 g/mol. The minimum absolute atomic E-state index is 0.0107. The van der Waals surface area contributed by atoms with Gasteiger partial charge in [0, 0.05) is 23.7 Å². The van der Waals surface area contributed by atoms with Crippen molar-refractivity contribution in [2.45, 2.75) is 31.7 Å². The number of carbonyl (C=O) groups is 2. The minimum atomic E-state index is -0.889. The molecule has 0 spiro atoms. The van der Waals surface area contributed by atoms with E-state index in [0.29, 0.717) is 5.56 Å². The first-order chi connectivity index (χ1) is 19.7. The molecule has 2 aromatic heterocycles. The smallest absolute Gasteiger partial charge is 0.252 e. The summed E-state index contributed by atoms with van der Waals surface area (Å²) in [5.74, 6) is -3.28. The fraction of sp³-hybridized carbons (Fsp3) is 0.156. The van der Waals surface area contributed by atoms with Crippen LogP contribution in [-0.2, 0) is 12.0 Å². The number of amides is 2. The molecule has 6 nitrogen and oxygen atoms in total. The van der Waals surface area contributed by atoms with E-state index < -0.39 is 34.8 Å². The highest BCUT2D eigenvalue weighted by Gasteiger charge is 2.45. The van der Waals surface area contributed by atoms with E-state index in [1.54, 1.807) is 0 Å². The summed E-state index contributed by atoms with van der Waals surface area (Å²) < 4.78 is 45.9. The number of fused-ring (bicyclic) bond motifs is 1. The Hall–Kier alpha value is -4.92. The van der Waals surface area contributed by atoms with E-state index in [2.05, 4.69) is 10.4 Å². The van der Waals surface area contributed by atoms with Crippen LogP contribution in [0.15, 0.2) is 79.0 Å². The summed E-state index contributed by atoms with van der Waals surface area (Å²) in [7, 11) is 0. The lowest BCUT2D eigenvalue weighted by molar-refractivity contribution is 0.0929. The monoisotopic (exact) mass is 554 g/mol. The molecule has 5 aromatic rings. The fourth-order valence-electron chi connectivity index (χ4n) is 5.28. The van der Waals surface area contributed by atoms with E-state index >= 15 is 8.78 Å². The zero-order valence-corrected chi connectivity index (χ0v) is 22.0. The molecular weight excluding hydrogens is 529 g/mol. The second-order valence-electron chi connectivity index (χ2n) is 10.4. The quantitative estimate of drug-likeness (QED) is 0.265. The highest BCUT2D eigenvalue weighted by atomic mass is 19.1. The van der Waals surface area contributed by atoms with Crippen LogP contribution in [0.1, 0.15) is 55.9 Å². The largest absolute Gasteiger partial charge is 0.365 e. The van der Waals surface area contributed by atoms with Gasteiger partial charge in [-0.25, -0.2) is 17.7 Å². The fourth-order valence-corrected chi connectivity index (χ4v) is 5.28. The SMILES string of the molecule is Cc1c(F)cc(C(=O)NC2(c3ccccc3)CC2)cc1-c1ccn2nc(Cc3ccc(F)cc3)c(C(N)=O)c2c1F. The van der Waals surface area contributed by atoms with Crippen LogP contribution in [0.4, 0.5) is 13.2 Å². The third-order valence-electron chi connectivity index (χ3n) is 7.67. The number of nitrogens with two attached hydrogens (primary N) is 1. The Morgan fingerprint density at radius 1 is 0.976 bits per heavy atom. The van der Waals surface area contributed by atoms with Crippen LogP contribution in [0.3, 0.4) is 0 Å². The average Bonchev–Trinajstić information content (AvgIpc) is 3.64. The molecule has 3 aromatic carbocycles. The number of aromatic nitrogens is 2. The summed E-state index contributed by atoms with van der Waals surface area (Å²) in [6.07, 6.45) is 3.08. The van der Waals surface area contributed by atoms with Crippen LogP contribution < -0.4 is 11.1 Å². The third-order valence-corrected chi connectivity index (χ3v) is 7.67. The van der Waals surface area contributed by atoms with Crippen molar-refractivity contribution in [2.24, 2.45) is 5.73 Å². The van der Waals surface area contributed by atoms with E-state index in [1.807, 2.05) is 30.3 Å². The highest BCUT2D eigenvalue weighted by Crippen LogP contribution is 2.45. The van der Waals surface area contributed by atoms with Crippen molar-refractivity contribution in [3.05, 3.63) is 130 Å². The Morgan fingerprint density at radius 2 is 1.68 bits per heavy atom. The molecule has 2 heterocycles. The molecule has 0 bridgehead atoms. The lowest BCUT2D eigenvalue weighted by Gasteiger charge is -2.19. The number of carbonyl (C=O) groups excluding carboxylic acids is 2. The van der Waals surface area contributed by atoms with Crippen molar-refractivity contribution in [3.8, 4) is 11.1 Å². The Balaban J connectivity index is 1.40. The van der Waals surface area contributed by atoms with Gasteiger partial charge in [0.15, 0.2) is 5.82 Å². The first kappa shape index (κ1) is 26.3. The van der Waals surface area contributed by atoms with Crippen LogP contribution in [-0.4, -0.2) is 21.4 Å². The van der Waals surface area contributed by atoms with Gasteiger partial charge in [-0.1, -0.05) is 42.5 Å². The topological polar surface area (TPSA) is 89.5 Å². The summed E-state index contributed by atoms with van der Waals surface area (Å²) in [4.78, 5) is 25.8. The lowest BCUT2D eigenvalue weighted by atomic mass is 9.96. The summed E-state index contributed by atoms with van der Waals surface area (Å²) in [6.45, 7) is 1.49. The van der Waals surface area contributed by atoms with E-state index in [0.717, 1.165) is 24.5 Å². The van der Waals surface area contributed by atoms with Crippen molar-refractivity contribution < 1.29 is 22.8 Å². The van der Waals surface area contributed by atoms with E-state index in [4.69, 9.17) is 5.73 Å². The first-order valence-corrected chi connectivity index (χ1v) is 13.1. The second kappa shape index (κ2) is 9.92. The molecule has 0 radical (unpaired) electrons. The van der Waals surface area contributed by atoms with Gasteiger partial charge in [-0.3, -0.25) is 9.59 Å². The van der Waals surface area contributed by atoms with Crippen molar-refractivity contribution >= 4 is 17.3 Å².